The maximum atomic E-state index is 13.1. The molecule has 0 saturated heterocycles. The van der Waals surface area contributed by atoms with Crippen LogP contribution in [0.5, 0.6) is 11.5 Å². The summed E-state index contributed by atoms with van der Waals surface area (Å²) in [5.41, 5.74) is 0.801. The SMILES string of the molecule is Cn1ccnc1C(NS(=O)(=O)c1ccc2c(c1)OCCCO2)c1ccccc1. The average Bonchev–Trinajstić information content (AvgIpc) is 2.98. The fourth-order valence-corrected chi connectivity index (χ4v) is 4.30. The quantitative estimate of drug-likeness (QED) is 0.713. The fourth-order valence-electron chi connectivity index (χ4n) is 3.10. The molecule has 28 heavy (non-hydrogen) atoms. The van der Waals surface area contributed by atoms with Crippen molar-refractivity contribution in [3.8, 4) is 11.5 Å². The molecule has 1 aromatic heterocycles. The van der Waals surface area contributed by atoms with Crippen molar-refractivity contribution in [2.24, 2.45) is 7.05 Å². The van der Waals surface area contributed by atoms with Gasteiger partial charge in [0.1, 0.15) is 11.9 Å². The van der Waals surface area contributed by atoms with E-state index in [-0.39, 0.29) is 4.90 Å². The number of rotatable bonds is 5. The number of ether oxygens (including phenoxy) is 2. The Labute approximate surface area is 164 Å². The zero-order valence-electron chi connectivity index (χ0n) is 15.4. The van der Waals surface area contributed by atoms with E-state index < -0.39 is 16.1 Å². The van der Waals surface area contributed by atoms with Gasteiger partial charge in [0.15, 0.2) is 11.5 Å². The maximum absolute atomic E-state index is 13.1. The van der Waals surface area contributed by atoms with Crippen molar-refractivity contribution in [2.75, 3.05) is 13.2 Å². The van der Waals surface area contributed by atoms with Crippen LogP contribution in [0, 0.1) is 0 Å². The lowest BCUT2D eigenvalue weighted by atomic mass is 10.1. The van der Waals surface area contributed by atoms with Gasteiger partial charge >= 0.3 is 0 Å². The number of hydrogen-bond acceptors (Lipinski definition) is 5. The summed E-state index contributed by atoms with van der Waals surface area (Å²) in [6, 6.07) is 13.4. The summed E-state index contributed by atoms with van der Waals surface area (Å²) >= 11 is 0. The number of benzene rings is 2. The Bertz CT molecular complexity index is 1060. The Kier molecular flexibility index (Phi) is 5.06. The predicted molar refractivity (Wildman–Crippen MR) is 104 cm³/mol. The molecule has 1 atom stereocenters. The Hall–Kier alpha value is -2.84. The number of fused-ring (bicyclic) bond motifs is 1. The molecule has 146 valence electrons. The molecule has 2 aromatic carbocycles. The molecule has 0 spiro atoms. The van der Waals surface area contributed by atoms with E-state index in [0.717, 1.165) is 12.0 Å². The van der Waals surface area contributed by atoms with Crippen molar-refractivity contribution in [3.05, 3.63) is 72.3 Å². The molecule has 8 heteroatoms. The smallest absolute Gasteiger partial charge is 0.241 e. The summed E-state index contributed by atoms with van der Waals surface area (Å²) in [5.74, 6) is 1.60. The summed E-state index contributed by atoms with van der Waals surface area (Å²) in [5, 5.41) is 0. The molecule has 1 unspecified atom stereocenters. The van der Waals surface area contributed by atoms with Gasteiger partial charge in [-0.25, -0.2) is 13.4 Å². The van der Waals surface area contributed by atoms with Gasteiger partial charge in [0.25, 0.3) is 0 Å². The maximum Gasteiger partial charge on any atom is 0.241 e. The monoisotopic (exact) mass is 399 g/mol. The molecule has 4 rings (SSSR count). The van der Waals surface area contributed by atoms with Gasteiger partial charge in [-0.3, -0.25) is 0 Å². The summed E-state index contributed by atoms with van der Waals surface area (Å²) in [4.78, 5) is 4.46. The van der Waals surface area contributed by atoms with Crippen LogP contribution < -0.4 is 14.2 Å². The topological polar surface area (TPSA) is 82.5 Å². The first-order valence-electron chi connectivity index (χ1n) is 8.99. The van der Waals surface area contributed by atoms with E-state index in [9.17, 15) is 8.42 Å². The average molecular weight is 399 g/mol. The number of imidazole rings is 1. The van der Waals surface area contributed by atoms with Crippen molar-refractivity contribution in [3.63, 3.8) is 0 Å². The van der Waals surface area contributed by atoms with Crippen LogP contribution in [0.3, 0.4) is 0 Å². The highest BCUT2D eigenvalue weighted by molar-refractivity contribution is 7.89. The minimum absolute atomic E-state index is 0.117. The summed E-state index contributed by atoms with van der Waals surface area (Å²) in [6.07, 6.45) is 4.19. The van der Waals surface area contributed by atoms with Crippen molar-refractivity contribution in [2.45, 2.75) is 17.4 Å². The third-order valence-corrected chi connectivity index (χ3v) is 5.97. The molecule has 1 N–H and O–H groups in total. The van der Waals surface area contributed by atoms with E-state index in [1.807, 2.05) is 37.4 Å². The molecule has 0 aliphatic carbocycles. The lowest BCUT2D eigenvalue weighted by molar-refractivity contribution is 0.297. The van der Waals surface area contributed by atoms with E-state index >= 15 is 0 Å². The number of nitrogens with one attached hydrogen (secondary N) is 1. The van der Waals surface area contributed by atoms with Crippen molar-refractivity contribution in [1.29, 1.82) is 0 Å². The van der Waals surface area contributed by atoms with Crippen LogP contribution in [0.15, 0.2) is 65.8 Å². The Morgan fingerprint density at radius 1 is 1.07 bits per heavy atom. The first kappa shape index (κ1) is 18.5. The number of hydrogen-bond donors (Lipinski definition) is 1. The van der Waals surface area contributed by atoms with Crippen LogP contribution in [0.2, 0.25) is 0 Å². The van der Waals surface area contributed by atoms with Crippen molar-refractivity contribution in [1.82, 2.24) is 14.3 Å². The van der Waals surface area contributed by atoms with Gasteiger partial charge in [-0.05, 0) is 17.7 Å². The molecule has 0 amide bonds. The van der Waals surface area contributed by atoms with Gasteiger partial charge < -0.3 is 14.0 Å². The van der Waals surface area contributed by atoms with Gasteiger partial charge in [0.05, 0.1) is 18.1 Å². The number of aromatic nitrogens is 2. The second kappa shape index (κ2) is 7.65. The van der Waals surface area contributed by atoms with Crippen LogP contribution in [-0.4, -0.2) is 31.2 Å². The zero-order chi connectivity index (χ0) is 19.6. The van der Waals surface area contributed by atoms with E-state index in [0.29, 0.717) is 30.5 Å². The summed E-state index contributed by atoms with van der Waals surface area (Å²) < 4.78 is 42.1. The standard InChI is InChI=1S/C20H21N3O4S/c1-23-11-10-21-20(23)19(15-6-3-2-4-7-15)22-28(24,25)16-8-9-17-18(14-16)27-13-5-12-26-17/h2-4,6-11,14,19,22H,5,12-13H2,1H3. The lowest BCUT2D eigenvalue weighted by Gasteiger charge is -2.19. The first-order chi connectivity index (χ1) is 13.5. The van der Waals surface area contributed by atoms with Gasteiger partial charge in [0.2, 0.25) is 10.0 Å². The van der Waals surface area contributed by atoms with Crippen molar-refractivity contribution >= 4 is 10.0 Å². The highest BCUT2D eigenvalue weighted by Gasteiger charge is 2.26. The minimum atomic E-state index is -3.83. The Balaban J connectivity index is 1.70. The van der Waals surface area contributed by atoms with E-state index in [2.05, 4.69) is 9.71 Å². The molecule has 0 radical (unpaired) electrons. The number of aryl methyl sites for hydroxylation is 1. The number of sulfonamides is 1. The number of nitrogens with zero attached hydrogens (tertiary/aromatic N) is 2. The molecular formula is C20H21N3O4S. The van der Waals surface area contributed by atoms with Gasteiger partial charge in [0, 0.05) is 31.9 Å². The Morgan fingerprint density at radius 2 is 1.82 bits per heavy atom. The van der Waals surface area contributed by atoms with Gasteiger partial charge in [-0.15, -0.1) is 0 Å². The van der Waals surface area contributed by atoms with E-state index in [1.165, 1.54) is 12.1 Å². The van der Waals surface area contributed by atoms with Crippen molar-refractivity contribution < 1.29 is 17.9 Å². The molecule has 0 fully saturated rings. The molecule has 1 aliphatic heterocycles. The van der Waals surface area contributed by atoms with Crippen LogP contribution >= 0.6 is 0 Å². The first-order valence-corrected chi connectivity index (χ1v) is 10.5. The summed E-state index contributed by atoms with van der Waals surface area (Å²) in [7, 11) is -2.00. The molecule has 0 bridgehead atoms. The zero-order valence-corrected chi connectivity index (χ0v) is 16.2. The molecule has 7 nitrogen and oxygen atoms in total. The largest absolute Gasteiger partial charge is 0.490 e. The summed E-state index contributed by atoms with van der Waals surface area (Å²) in [6.45, 7) is 1.04. The molecule has 0 saturated carbocycles. The normalized spacial score (nSPS) is 15.0. The fraction of sp³-hybridized carbons (Fsp3) is 0.250. The van der Waals surface area contributed by atoms with Gasteiger partial charge in [-0.1, -0.05) is 30.3 Å². The highest BCUT2D eigenvalue weighted by Crippen LogP contribution is 2.32. The third kappa shape index (κ3) is 3.74. The third-order valence-electron chi connectivity index (χ3n) is 4.55. The minimum Gasteiger partial charge on any atom is -0.490 e. The highest BCUT2D eigenvalue weighted by atomic mass is 32.2. The molecule has 1 aliphatic rings. The van der Waals surface area contributed by atoms with E-state index in [4.69, 9.17) is 9.47 Å². The molecular weight excluding hydrogens is 378 g/mol. The Morgan fingerprint density at radius 3 is 2.54 bits per heavy atom. The second-order valence-corrected chi connectivity index (χ2v) is 8.23. The van der Waals surface area contributed by atoms with E-state index in [1.54, 1.807) is 23.0 Å². The van der Waals surface area contributed by atoms with Crippen LogP contribution in [-0.2, 0) is 17.1 Å². The molecule has 2 heterocycles. The molecule has 3 aromatic rings. The van der Waals surface area contributed by atoms with Crippen LogP contribution in [0.25, 0.3) is 0 Å². The second-order valence-electron chi connectivity index (χ2n) is 6.52. The predicted octanol–water partition coefficient (Wildman–Crippen LogP) is 2.65. The van der Waals surface area contributed by atoms with Crippen LogP contribution in [0.1, 0.15) is 23.9 Å². The lowest BCUT2D eigenvalue weighted by Crippen LogP contribution is -2.31. The van der Waals surface area contributed by atoms with Crippen LogP contribution in [0.4, 0.5) is 0 Å². The van der Waals surface area contributed by atoms with Gasteiger partial charge in [-0.2, -0.15) is 4.72 Å².